The number of fused-ring (bicyclic) bond motifs is 3. The predicted octanol–water partition coefficient (Wildman–Crippen LogP) is 5.71. The topological polar surface area (TPSA) is 62.1 Å². The molecule has 158 valence electrons. The zero-order valence-electron chi connectivity index (χ0n) is 17.9. The van der Waals surface area contributed by atoms with E-state index in [1.54, 1.807) is 12.1 Å². The van der Waals surface area contributed by atoms with Gasteiger partial charge >= 0.3 is 0 Å². The first kappa shape index (κ1) is 19.3. The molecule has 0 radical (unpaired) electrons. The summed E-state index contributed by atoms with van der Waals surface area (Å²) in [7, 11) is 1.51. The Bertz CT molecular complexity index is 1410. The average Bonchev–Trinajstić information content (AvgIpc) is 2.99. The van der Waals surface area contributed by atoms with Crippen LogP contribution in [0, 0.1) is 0 Å². The largest absolute Gasteiger partial charge is 0.277 e. The molecular weight excluding hydrogens is 410 g/mol. The van der Waals surface area contributed by atoms with Crippen LogP contribution in [0.3, 0.4) is 0 Å². The minimum Gasteiger partial charge on any atom is -0.277 e. The molecular formula is C28H19N3O2. The van der Waals surface area contributed by atoms with Crippen LogP contribution in [0.25, 0.3) is 10.8 Å². The smallest absolute Gasteiger partial charge is 0.261 e. The van der Waals surface area contributed by atoms with E-state index in [0.717, 1.165) is 49.6 Å². The number of carbonyl (C=O) groups excluding carboxylic acids is 2. The minimum atomic E-state index is -0.273. The fraction of sp³-hybridized carbons (Fsp3) is 0.0714. The van der Waals surface area contributed by atoms with E-state index in [2.05, 4.69) is 24.3 Å². The predicted molar refractivity (Wildman–Crippen MR) is 130 cm³/mol. The number of amides is 2. The van der Waals surface area contributed by atoms with Crippen LogP contribution in [0.4, 0.5) is 11.4 Å². The number of aliphatic imine (C=N–C) groups is 2. The van der Waals surface area contributed by atoms with Gasteiger partial charge in [-0.3, -0.25) is 24.5 Å². The molecule has 0 saturated heterocycles. The number of nitrogens with zero attached hydrogens (tertiary/aromatic N) is 3. The van der Waals surface area contributed by atoms with Gasteiger partial charge in [-0.05, 0) is 46.2 Å². The molecule has 2 aliphatic rings. The molecule has 0 aromatic heterocycles. The molecule has 2 heterocycles. The normalized spacial score (nSPS) is 15.1. The Morgan fingerprint density at radius 3 is 1.48 bits per heavy atom. The molecule has 0 bridgehead atoms. The zero-order valence-corrected chi connectivity index (χ0v) is 17.9. The maximum Gasteiger partial charge on any atom is 0.261 e. The number of imide groups is 1. The lowest BCUT2D eigenvalue weighted by Gasteiger charge is -2.07. The fourth-order valence-corrected chi connectivity index (χ4v) is 4.43. The molecule has 2 aliphatic heterocycles. The summed E-state index contributed by atoms with van der Waals surface area (Å²) in [6, 6.07) is 27.7. The summed E-state index contributed by atoms with van der Waals surface area (Å²) < 4.78 is 0. The highest BCUT2D eigenvalue weighted by atomic mass is 16.2. The van der Waals surface area contributed by atoms with E-state index in [4.69, 9.17) is 9.98 Å². The summed E-state index contributed by atoms with van der Waals surface area (Å²) >= 11 is 0. The third kappa shape index (κ3) is 3.17. The van der Waals surface area contributed by atoms with Gasteiger partial charge in [0, 0.05) is 13.5 Å². The van der Waals surface area contributed by atoms with Gasteiger partial charge in [-0.1, -0.05) is 60.7 Å². The standard InChI is InChI=1S/C28H19N3O2/c1-31-27(32)21-12-19-14-25-26(15-20(19)13-22(21)28(31)33)30-24(18-10-6-3-7-11-18)16-23(29-25)17-8-4-2-5-9-17/h2-15H,16H2,1H3. The third-order valence-electron chi connectivity index (χ3n) is 6.20. The minimum absolute atomic E-state index is 0.273. The second-order valence-electron chi connectivity index (χ2n) is 8.28. The summed E-state index contributed by atoms with van der Waals surface area (Å²) in [6.45, 7) is 0. The second-order valence-corrected chi connectivity index (χ2v) is 8.28. The van der Waals surface area contributed by atoms with Crippen molar-refractivity contribution in [2.45, 2.75) is 6.42 Å². The first-order valence-electron chi connectivity index (χ1n) is 10.8. The van der Waals surface area contributed by atoms with Crippen LogP contribution >= 0.6 is 0 Å². The Balaban J connectivity index is 1.59. The molecule has 5 nitrogen and oxygen atoms in total. The molecule has 2 amide bonds. The van der Waals surface area contributed by atoms with Crippen LogP contribution < -0.4 is 0 Å². The summed E-state index contributed by atoms with van der Waals surface area (Å²) in [5, 5.41) is 1.72. The zero-order chi connectivity index (χ0) is 22.5. The molecule has 0 unspecified atom stereocenters. The first-order chi connectivity index (χ1) is 16.1. The van der Waals surface area contributed by atoms with E-state index < -0.39 is 0 Å². The van der Waals surface area contributed by atoms with Gasteiger partial charge in [0.05, 0.1) is 33.9 Å². The van der Waals surface area contributed by atoms with Crippen molar-refractivity contribution in [1.29, 1.82) is 0 Å². The third-order valence-corrected chi connectivity index (χ3v) is 6.20. The van der Waals surface area contributed by atoms with E-state index in [-0.39, 0.29) is 11.8 Å². The Labute approximate surface area is 190 Å². The van der Waals surface area contributed by atoms with Crippen LogP contribution in [-0.4, -0.2) is 35.2 Å². The molecule has 0 saturated carbocycles. The van der Waals surface area contributed by atoms with E-state index in [1.165, 1.54) is 7.05 Å². The molecule has 33 heavy (non-hydrogen) atoms. The molecule has 4 aromatic rings. The number of carbonyl (C=O) groups is 2. The number of benzene rings is 4. The van der Waals surface area contributed by atoms with Gasteiger partial charge in [-0.25, -0.2) is 0 Å². The van der Waals surface area contributed by atoms with Crippen LogP contribution in [-0.2, 0) is 0 Å². The molecule has 5 heteroatoms. The van der Waals surface area contributed by atoms with Gasteiger partial charge in [-0.15, -0.1) is 0 Å². The van der Waals surface area contributed by atoms with Gasteiger partial charge in [0.2, 0.25) is 0 Å². The van der Waals surface area contributed by atoms with E-state index in [1.807, 2.05) is 48.5 Å². The number of rotatable bonds is 2. The lowest BCUT2D eigenvalue weighted by Crippen LogP contribution is -2.24. The van der Waals surface area contributed by atoms with Crippen molar-refractivity contribution in [2.24, 2.45) is 9.98 Å². The van der Waals surface area contributed by atoms with Crippen molar-refractivity contribution in [3.63, 3.8) is 0 Å². The molecule has 0 aliphatic carbocycles. The Morgan fingerprint density at radius 2 is 1.06 bits per heavy atom. The van der Waals surface area contributed by atoms with Gasteiger partial charge in [0.1, 0.15) is 0 Å². The highest BCUT2D eigenvalue weighted by Gasteiger charge is 2.33. The summed E-state index contributed by atoms with van der Waals surface area (Å²) in [5.74, 6) is -0.547. The van der Waals surface area contributed by atoms with Crippen molar-refractivity contribution in [2.75, 3.05) is 7.05 Å². The Morgan fingerprint density at radius 1 is 0.636 bits per heavy atom. The fourth-order valence-electron chi connectivity index (χ4n) is 4.43. The maximum atomic E-state index is 12.5. The molecule has 0 spiro atoms. The van der Waals surface area contributed by atoms with Crippen LogP contribution in [0.15, 0.2) is 94.9 Å². The Hall–Kier alpha value is -4.38. The summed E-state index contributed by atoms with van der Waals surface area (Å²) in [6.07, 6.45) is 0.595. The van der Waals surface area contributed by atoms with Crippen molar-refractivity contribution in [1.82, 2.24) is 4.90 Å². The SMILES string of the molecule is CN1C(=O)c2cc3cc4c(cc3cc2C1=O)N=C(c1ccccc1)CC(c1ccccc1)=N4. The first-order valence-corrected chi connectivity index (χ1v) is 10.8. The van der Waals surface area contributed by atoms with Gasteiger partial charge in [-0.2, -0.15) is 0 Å². The van der Waals surface area contributed by atoms with Crippen LogP contribution in [0.2, 0.25) is 0 Å². The highest BCUT2D eigenvalue weighted by molar-refractivity contribution is 6.24. The molecule has 0 atom stereocenters. The maximum absolute atomic E-state index is 12.5. The summed E-state index contributed by atoms with van der Waals surface area (Å²) in [4.78, 5) is 36.2. The molecule has 0 N–H and O–H groups in total. The highest BCUT2D eigenvalue weighted by Crippen LogP contribution is 2.38. The quantitative estimate of drug-likeness (QED) is 0.383. The van der Waals surface area contributed by atoms with Gasteiger partial charge in [0.25, 0.3) is 11.8 Å². The lowest BCUT2D eigenvalue weighted by atomic mass is 10.00. The van der Waals surface area contributed by atoms with Crippen molar-refractivity contribution in [3.05, 3.63) is 107 Å². The van der Waals surface area contributed by atoms with Gasteiger partial charge < -0.3 is 0 Å². The molecule has 6 rings (SSSR count). The van der Waals surface area contributed by atoms with Crippen LogP contribution in [0.1, 0.15) is 38.3 Å². The number of hydrogen-bond acceptors (Lipinski definition) is 4. The second kappa shape index (κ2) is 7.35. The van der Waals surface area contributed by atoms with E-state index >= 15 is 0 Å². The van der Waals surface area contributed by atoms with Crippen molar-refractivity contribution >= 4 is 45.4 Å². The molecule has 0 fully saturated rings. The molecule has 4 aromatic carbocycles. The van der Waals surface area contributed by atoms with Crippen molar-refractivity contribution in [3.8, 4) is 0 Å². The van der Waals surface area contributed by atoms with Gasteiger partial charge in [0.15, 0.2) is 0 Å². The van der Waals surface area contributed by atoms with E-state index in [9.17, 15) is 9.59 Å². The Kier molecular flexibility index (Phi) is 4.30. The monoisotopic (exact) mass is 429 g/mol. The number of hydrogen-bond donors (Lipinski definition) is 0. The lowest BCUT2D eigenvalue weighted by molar-refractivity contribution is 0.0693. The van der Waals surface area contributed by atoms with Crippen LogP contribution in [0.5, 0.6) is 0 Å². The van der Waals surface area contributed by atoms with E-state index in [0.29, 0.717) is 17.5 Å². The average molecular weight is 429 g/mol. The van der Waals surface area contributed by atoms with Crippen molar-refractivity contribution < 1.29 is 9.59 Å². The summed E-state index contributed by atoms with van der Waals surface area (Å²) in [5.41, 5.74) is 6.33.